The largest absolute Gasteiger partial charge is 0.497 e. The Hall–Kier alpha value is -2.35. The van der Waals surface area contributed by atoms with E-state index >= 15 is 0 Å². The van der Waals surface area contributed by atoms with Crippen LogP contribution < -0.4 is 15.0 Å². The number of carbonyl (C=O) groups is 2. The molecular formula is C28H42N2O5S. The maximum absolute atomic E-state index is 14.2. The lowest BCUT2D eigenvalue weighted by Gasteiger charge is -2.40. The van der Waals surface area contributed by atoms with E-state index in [0.717, 1.165) is 19.3 Å². The van der Waals surface area contributed by atoms with Crippen molar-refractivity contribution >= 4 is 35.0 Å². The average molecular weight is 519 g/mol. The molecule has 0 radical (unpaired) electrons. The van der Waals surface area contributed by atoms with Crippen molar-refractivity contribution in [2.45, 2.75) is 84.9 Å². The molecule has 0 spiro atoms. The number of esters is 2. The number of carbonyl (C=O) groups excluding carboxylic acids is 2. The Labute approximate surface area is 221 Å². The van der Waals surface area contributed by atoms with Gasteiger partial charge in [0.05, 0.1) is 13.7 Å². The summed E-state index contributed by atoms with van der Waals surface area (Å²) in [6.45, 7) is 12.6. The summed E-state index contributed by atoms with van der Waals surface area (Å²) >= 11 is 5.74. The van der Waals surface area contributed by atoms with E-state index in [-0.39, 0.29) is 24.5 Å². The molecule has 7 nitrogen and oxygen atoms in total. The van der Waals surface area contributed by atoms with Crippen LogP contribution in [0.4, 0.5) is 5.69 Å². The van der Waals surface area contributed by atoms with Gasteiger partial charge in [0.15, 0.2) is 16.7 Å². The zero-order chi connectivity index (χ0) is 26.6. The molecule has 1 aromatic rings. The number of ether oxygens (including phenoxy) is 3. The minimum atomic E-state index is -1.36. The maximum Gasteiger partial charge on any atom is 0.334 e. The third kappa shape index (κ3) is 5.79. The van der Waals surface area contributed by atoms with Crippen molar-refractivity contribution in [3.8, 4) is 5.75 Å². The van der Waals surface area contributed by atoms with Gasteiger partial charge in [-0.25, -0.2) is 9.59 Å². The van der Waals surface area contributed by atoms with E-state index in [4.69, 9.17) is 26.4 Å². The van der Waals surface area contributed by atoms with Gasteiger partial charge in [-0.15, -0.1) is 0 Å². The molecule has 1 saturated heterocycles. The molecule has 1 heterocycles. The summed E-state index contributed by atoms with van der Waals surface area (Å²) in [7, 11) is 1.60. The highest BCUT2D eigenvalue weighted by Gasteiger charge is 2.61. The number of hydrogen-bond donors (Lipinski definition) is 1. The monoisotopic (exact) mass is 518 g/mol. The van der Waals surface area contributed by atoms with Crippen molar-refractivity contribution < 1.29 is 23.8 Å². The molecular weight excluding hydrogens is 476 g/mol. The molecule has 2 fully saturated rings. The zero-order valence-corrected chi connectivity index (χ0v) is 23.5. The smallest absolute Gasteiger partial charge is 0.334 e. The fraction of sp³-hybridized carbons (Fsp3) is 0.679. The summed E-state index contributed by atoms with van der Waals surface area (Å²) in [6.07, 6.45) is 3.16. The van der Waals surface area contributed by atoms with Gasteiger partial charge in [0.1, 0.15) is 11.9 Å². The van der Waals surface area contributed by atoms with E-state index in [1.807, 2.05) is 26.0 Å². The average Bonchev–Trinajstić information content (AvgIpc) is 3.11. The van der Waals surface area contributed by atoms with E-state index in [2.05, 4.69) is 26.1 Å². The lowest BCUT2D eigenvalue weighted by atomic mass is 9.75. The van der Waals surface area contributed by atoms with Crippen molar-refractivity contribution in [1.29, 1.82) is 0 Å². The Morgan fingerprint density at radius 2 is 1.83 bits per heavy atom. The quantitative estimate of drug-likeness (QED) is 0.357. The number of rotatable bonds is 9. The number of thiocarbonyl (C=S) groups is 1. The van der Waals surface area contributed by atoms with Gasteiger partial charge in [-0.2, -0.15) is 0 Å². The minimum Gasteiger partial charge on any atom is -0.497 e. The minimum absolute atomic E-state index is 0.0896. The number of hydrogen-bond acceptors (Lipinski definition) is 6. The first-order valence-electron chi connectivity index (χ1n) is 13.2. The first-order chi connectivity index (χ1) is 17.0. The molecule has 0 bridgehead atoms. The van der Waals surface area contributed by atoms with E-state index < -0.39 is 23.5 Å². The first kappa shape index (κ1) is 28.2. The molecule has 1 aliphatic heterocycles. The zero-order valence-electron chi connectivity index (χ0n) is 22.7. The fourth-order valence-corrected chi connectivity index (χ4v) is 6.13. The van der Waals surface area contributed by atoms with Crippen LogP contribution in [0.25, 0.3) is 0 Å². The molecule has 36 heavy (non-hydrogen) atoms. The second-order valence-corrected chi connectivity index (χ2v) is 11.4. The molecule has 200 valence electrons. The summed E-state index contributed by atoms with van der Waals surface area (Å²) < 4.78 is 17.1. The summed E-state index contributed by atoms with van der Waals surface area (Å²) in [4.78, 5) is 29.4. The van der Waals surface area contributed by atoms with E-state index in [9.17, 15) is 9.59 Å². The molecule has 1 aromatic carbocycles. The van der Waals surface area contributed by atoms with Crippen molar-refractivity contribution in [3.63, 3.8) is 0 Å². The first-order valence-corrected chi connectivity index (χ1v) is 13.6. The second kappa shape index (κ2) is 11.8. The molecule has 1 aliphatic carbocycles. The van der Waals surface area contributed by atoms with Crippen LogP contribution in [0, 0.1) is 23.7 Å². The van der Waals surface area contributed by atoms with Crippen LogP contribution in [0.1, 0.15) is 67.2 Å². The van der Waals surface area contributed by atoms with E-state index in [1.54, 1.807) is 31.1 Å². The van der Waals surface area contributed by atoms with Gasteiger partial charge in [-0.3, -0.25) is 0 Å². The maximum atomic E-state index is 14.2. The van der Waals surface area contributed by atoms with Crippen LogP contribution in [0.2, 0.25) is 0 Å². The van der Waals surface area contributed by atoms with Crippen LogP contribution in [-0.2, 0) is 19.1 Å². The van der Waals surface area contributed by atoms with Gasteiger partial charge in [-0.05, 0) is 86.3 Å². The molecule has 1 saturated carbocycles. The number of nitrogens with one attached hydrogen (secondary N) is 1. The summed E-state index contributed by atoms with van der Waals surface area (Å²) in [6, 6.07) is 6.27. The van der Waals surface area contributed by atoms with Gasteiger partial charge < -0.3 is 24.4 Å². The van der Waals surface area contributed by atoms with Gasteiger partial charge in [0, 0.05) is 5.69 Å². The van der Waals surface area contributed by atoms with Crippen LogP contribution in [-0.4, -0.2) is 48.5 Å². The van der Waals surface area contributed by atoms with Crippen LogP contribution >= 0.6 is 12.2 Å². The Balaban J connectivity index is 2.05. The number of anilines is 1. The molecule has 0 unspecified atom stereocenters. The number of benzene rings is 1. The molecule has 8 heteroatoms. The highest BCUT2D eigenvalue weighted by molar-refractivity contribution is 7.80. The normalized spacial score (nSPS) is 28.2. The molecule has 2 aliphatic rings. The van der Waals surface area contributed by atoms with Gasteiger partial charge in [-0.1, -0.05) is 41.0 Å². The second-order valence-electron chi connectivity index (χ2n) is 11.0. The summed E-state index contributed by atoms with van der Waals surface area (Å²) in [5, 5.41) is 3.56. The van der Waals surface area contributed by atoms with Gasteiger partial charge >= 0.3 is 11.9 Å². The SMILES string of the molecule is CCOC(=O)[C@@H]1N(c2ccc(OC)cc2)C(=S)N[C@]1(CC(C)C)C(=O)O[C@@H]1C[C@H](C)CC[C@H]1C(C)C. The fourth-order valence-electron chi connectivity index (χ4n) is 5.74. The summed E-state index contributed by atoms with van der Waals surface area (Å²) in [5.41, 5.74) is -0.684. The Morgan fingerprint density at radius 1 is 1.17 bits per heavy atom. The van der Waals surface area contributed by atoms with Crippen molar-refractivity contribution in [1.82, 2.24) is 5.32 Å². The Kier molecular flexibility index (Phi) is 9.25. The Morgan fingerprint density at radius 3 is 2.39 bits per heavy atom. The van der Waals surface area contributed by atoms with Crippen LogP contribution in [0.5, 0.6) is 5.75 Å². The lowest BCUT2D eigenvalue weighted by molar-refractivity contribution is -0.168. The molecule has 0 aromatic heterocycles. The predicted octanol–water partition coefficient (Wildman–Crippen LogP) is 5.11. The molecule has 1 N–H and O–H groups in total. The highest BCUT2D eigenvalue weighted by Crippen LogP contribution is 2.40. The van der Waals surface area contributed by atoms with Crippen LogP contribution in [0.3, 0.4) is 0 Å². The lowest BCUT2D eigenvalue weighted by Crippen LogP contribution is -2.62. The molecule has 0 amide bonds. The molecule has 5 atom stereocenters. The molecule has 3 rings (SSSR count). The van der Waals surface area contributed by atoms with Crippen molar-refractivity contribution in [2.75, 3.05) is 18.6 Å². The van der Waals surface area contributed by atoms with E-state index in [0.29, 0.717) is 34.8 Å². The van der Waals surface area contributed by atoms with E-state index in [1.165, 1.54) is 0 Å². The topological polar surface area (TPSA) is 77.1 Å². The third-order valence-corrected chi connectivity index (χ3v) is 7.75. The highest BCUT2D eigenvalue weighted by atomic mass is 32.1. The third-order valence-electron chi connectivity index (χ3n) is 7.45. The van der Waals surface area contributed by atoms with Crippen LogP contribution in [0.15, 0.2) is 24.3 Å². The number of nitrogens with zero attached hydrogens (tertiary/aromatic N) is 1. The number of methoxy groups -OCH3 is 1. The van der Waals surface area contributed by atoms with Crippen molar-refractivity contribution in [2.24, 2.45) is 23.7 Å². The van der Waals surface area contributed by atoms with Crippen molar-refractivity contribution in [3.05, 3.63) is 24.3 Å². The predicted molar refractivity (Wildman–Crippen MR) is 145 cm³/mol. The van der Waals surface area contributed by atoms with Gasteiger partial charge in [0.2, 0.25) is 0 Å². The summed E-state index contributed by atoms with van der Waals surface area (Å²) in [5.74, 6) is 0.996. The van der Waals surface area contributed by atoms with Gasteiger partial charge in [0.25, 0.3) is 0 Å². The Bertz CT molecular complexity index is 934. The standard InChI is InChI=1S/C28H42N2O5S/c1-8-34-25(31)24-28(16-17(2)3,26(32)35-23-15-19(6)9-14-22(23)18(4)5)29-27(36)30(24)20-10-12-21(33-7)13-11-20/h10-13,17-19,22-24H,8-9,14-16H2,1-7H3,(H,29,36)/t19-,22+,23-,24+,28+/m1/s1.